The normalized spacial score (nSPS) is 27.8. The Balaban J connectivity index is 1.98. The maximum atomic E-state index is 6.21. The van der Waals surface area contributed by atoms with Gasteiger partial charge in [-0.3, -0.25) is 4.98 Å². The van der Waals surface area contributed by atoms with Crippen LogP contribution >= 0.6 is 11.6 Å². The van der Waals surface area contributed by atoms with Gasteiger partial charge in [-0.15, -0.1) is 11.6 Å². The van der Waals surface area contributed by atoms with Crippen molar-refractivity contribution in [2.24, 2.45) is 5.92 Å². The number of nitrogens with zero attached hydrogens (tertiary/aromatic N) is 1. The smallest absolute Gasteiger partial charge is 0.0367 e. The van der Waals surface area contributed by atoms with Crippen LogP contribution in [0, 0.1) is 5.92 Å². The zero-order chi connectivity index (χ0) is 9.10. The van der Waals surface area contributed by atoms with Gasteiger partial charge in [-0.05, 0) is 42.9 Å². The molecule has 2 unspecified atom stereocenters. The van der Waals surface area contributed by atoms with E-state index in [4.69, 9.17) is 11.6 Å². The maximum Gasteiger partial charge on any atom is 0.0367 e. The number of halogens is 1. The van der Waals surface area contributed by atoms with Crippen molar-refractivity contribution in [2.75, 3.05) is 0 Å². The summed E-state index contributed by atoms with van der Waals surface area (Å²) in [6, 6.07) is 4.17. The first-order valence-electron chi connectivity index (χ1n) is 4.89. The minimum absolute atomic E-state index is 0.396. The van der Waals surface area contributed by atoms with Crippen molar-refractivity contribution in [3.8, 4) is 0 Å². The fraction of sp³-hybridized carbons (Fsp3) is 0.545. The average Bonchev–Trinajstić information content (AvgIpc) is 2.54. The second-order valence-electron chi connectivity index (χ2n) is 3.77. The lowest BCUT2D eigenvalue weighted by molar-refractivity contribution is 0.552. The number of hydrogen-bond donors (Lipinski definition) is 0. The summed E-state index contributed by atoms with van der Waals surface area (Å²) in [5.74, 6) is 0.684. The van der Waals surface area contributed by atoms with Gasteiger partial charge in [0.15, 0.2) is 0 Å². The van der Waals surface area contributed by atoms with E-state index in [1.54, 1.807) is 0 Å². The van der Waals surface area contributed by atoms with E-state index < -0.39 is 0 Å². The SMILES string of the molecule is ClC1CCCC1Cc1ccncc1. The molecule has 13 heavy (non-hydrogen) atoms. The Morgan fingerprint density at radius 1 is 1.31 bits per heavy atom. The molecule has 0 N–H and O–H groups in total. The lowest BCUT2D eigenvalue weighted by atomic mass is 9.99. The number of pyridine rings is 1. The Morgan fingerprint density at radius 3 is 2.69 bits per heavy atom. The van der Waals surface area contributed by atoms with Gasteiger partial charge in [-0.1, -0.05) is 6.42 Å². The van der Waals surface area contributed by atoms with Crippen molar-refractivity contribution < 1.29 is 0 Å². The second-order valence-corrected chi connectivity index (χ2v) is 4.33. The summed E-state index contributed by atoms with van der Waals surface area (Å²) in [4.78, 5) is 4.01. The van der Waals surface area contributed by atoms with Crippen molar-refractivity contribution >= 4 is 11.6 Å². The number of alkyl halides is 1. The fourth-order valence-corrected chi connectivity index (χ4v) is 2.41. The van der Waals surface area contributed by atoms with Gasteiger partial charge in [-0.2, -0.15) is 0 Å². The Labute approximate surface area is 84.1 Å². The molecule has 1 fully saturated rings. The molecule has 1 saturated carbocycles. The molecule has 1 aromatic heterocycles. The first-order valence-corrected chi connectivity index (χ1v) is 5.33. The third kappa shape index (κ3) is 2.22. The molecule has 0 saturated heterocycles. The van der Waals surface area contributed by atoms with Crippen LogP contribution in [-0.2, 0) is 6.42 Å². The molecule has 0 aromatic carbocycles. The predicted molar refractivity (Wildman–Crippen MR) is 54.9 cm³/mol. The topological polar surface area (TPSA) is 12.9 Å². The summed E-state index contributed by atoms with van der Waals surface area (Å²) < 4.78 is 0. The summed E-state index contributed by atoms with van der Waals surface area (Å²) in [7, 11) is 0. The Kier molecular flexibility index (Phi) is 2.84. The van der Waals surface area contributed by atoms with Gasteiger partial charge in [0.05, 0.1) is 0 Å². The van der Waals surface area contributed by atoms with Crippen LogP contribution < -0.4 is 0 Å². The van der Waals surface area contributed by atoms with Gasteiger partial charge in [0.2, 0.25) is 0 Å². The minimum Gasteiger partial charge on any atom is -0.265 e. The average molecular weight is 196 g/mol. The molecule has 1 heterocycles. The molecule has 0 aliphatic heterocycles. The summed E-state index contributed by atoms with van der Waals surface area (Å²) in [5, 5.41) is 0.396. The van der Waals surface area contributed by atoms with Crippen LogP contribution in [-0.4, -0.2) is 10.4 Å². The third-order valence-electron chi connectivity index (χ3n) is 2.81. The first kappa shape index (κ1) is 9.01. The number of aromatic nitrogens is 1. The van der Waals surface area contributed by atoms with Crippen LogP contribution in [0.5, 0.6) is 0 Å². The summed E-state index contributed by atoms with van der Waals surface area (Å²) in [6.45, 7) is 0. The van der Waals surface area contributed by atoms with Crippen molar-refractivity contribution in [1.82, 2.24) is 4.98 Å². The molecule has 2 rings (SSSR count). The predicted octanol–water partition coefficient (Wildman–Crippen LogP) is 3.03. The Morgan fingerprint density at radius 2 is 2.08 bits per heavy atom. The Bertz CT molecular complexity index is 260. The van der Waals surface area contributed by atoms with Gasteiger partial charge in [0, 0.05) is 17.8 Å². The molecular weight excluding hydrogens is 182 g/mol. The van der Waals surface area contributed by atoms with E-state index in [1.807, 2.05) is 12.4 Å². The van der Waals surface area contributed by atoms with Crippen molar-refractivity contribution in [1.29, 1.82) is 0 Å². The highest BCUT2D eigenvalue weighted by atomic mass is 35.5. The molecule has 0 amide bonds. The monoisotopic (exact) mass is 195 g/mol. The van der Waals surface area contributed by atoms with E-state index in [-0.39, 0.29) is 0 Å². The van der Waals surface area contributed by atoms with E-state index in [2.05, 4.69) is 17.1 Å². The van der Waals surface area contributed by atoms with Crippen LogP contribution in [0.1, 0.15) is 24.8 Å². The van der Waals surface area contributed by atoms with Gasteiger partial charge in [-0.25, -0.2) is 0 Å². The minimum atomic E-state index is 0.396. The number of hydrogen-bond acceptors (Lipinski definition) is 1. The molecular formula is C11H14ClN. The van der Waals surface area contributed by atoms with E-state index in [0.717, 1.165) is 6.42 Å². The van der Waals surface area contributed by atoms with Crippen LogP contribution in [0.3, 0.4) is 0 Å². The van der Waals surface area contributed by atoms with E-state index in [9.17, 15) is 0 Å². The third-order valence-corrected chi connectivity index (χ3v) is 3.39. The summed E-state index contributed by atoms with van der Waals surface area (Å²) in [5.41, 5.74) is 1.37. The molecule has 1 aromatic rings. The molecule has 1 aliphatic rings. The molecule has 0 radical (unpaired) electrons. The Hall–Kier alpha value is -0.560. The van der Waals surface area contributed by atoms with Crippen molar-refractivity contribution in [3.05, 3.63) is 30.1 Å². The highest BCUT2D eigenvalue weighted by molar-refractivity contribution is 6.20. The fourth-order valence-electron chi connectivity index (χ4n) is 2.04. The standard InChI is InChI=1S/C11H14ClN/c12-11-3-1-2-10(11)8-9-4-6-13-7-5-9/h4-7,10-11H,1-3,8H2. The lowest BCUT2D eigenvalue weighted by Gasteiger charge is -2.12. The highest BCUT2D eigenvalue weighted by Gasteiger charge is 2.24. The van der Waals surface area contributed by atoms with Crippen LogP contribution in [0.15, 0.2) is 24.5 Å². The van der Waals surface area contributed by atoms with E-state index in [0.29, 0.717) is 11.3 Å². The lowest BCUT2D eigenvalue weighted by Crippen LogP contribution is -2.09. The molecule has 1 aliphatic carbocycles. The van der Waals surface area contributed by atoms with Crippen LogP contribution in [0.2, 0.25) is 0 Å². The molecule has 0 spiro atoms. The molecule has 1 nitrogen and oxygen atoms in total. The molecule has 0 bridgehead atoms. The van der Waals surface area contributed by atoms with Gasteiger partial charge in [0.25, 0.3) is 0 Å². The highest BCUT2D eigenvalue weighted by Crippen LogP contribution is 2.32. The van der Waals surface area contributed by atoms with E-state index in [1.165, 1.54) is 24.8 Å². The zero-order valence-electron chi connectivity index (χ0n) is 7.62. The van der Waals surface area contributed by atoms with Gasteiger partial charge >= 0.3 is 0 Å². The zero-order valence-corrected chi connectivity index (χ0v) is 8.37. The number of rotatable bonds is 2. The van der Waals surface area contributed by atoms with Gasteiger partial charge in [0.1, 0.15) is 0 Å². The first-order chi connectivity index (χ1) is 6.36. The van der Waals surface area contributed by atoms with Crippen LogP contribution in [0.4, 0.5) is 0 Å². The molecule has 2 heteroatoms. The van der Waals surface area contributed by atoms with E-state index >= 15 is 0 Å². The van der Waals surface area contributed by atoms with Crippen molar-refractivity contribution in [3.63, 3.8) is 0 Å². The largest absolute Gasteiger partial charge is 0.265 e. The van der Waals surface area contributed by atoms with Crippen molar-refractivity contribution in [2.45, 2.75) is 31.1 Å². The summed E-state index contributed by atoms with van der Waals surface area (Å²) >= 11 is 6.21. The van der Waals surface area contributed by atoms with Gasteiger partial charge < -0.3 is 0 Å². The quantitative estimate of drug-likeness (QED) is 0.662. The maximum absolute atomic E-state index is 6.21. The summed E-state index contributed by atoms with van der Waals surface area (Å²) in [6.07, 6.45) is 8.61. The van der Waals surface area contributed by atoms with Crippen LogP contribution in [0.25, 0.3) is 0 Å². The second kappa shape index (κ2) is 4.10. The molecule has 70 valence electrons. The molecule has 2 atom stereocenters.